The molecule has 1 aromatic heterocycles. The largest absolute Gasteiger partial charge is 0.505 e. The van der Waals surface area contributed by atoms with Crippen LogP contribution in [0.2, 0.25) is 0 Å². The number of aromatic nitrogens is 1. The molecule has 0 bridgehead atoms. The molecule has 3 N–H and O–H groups in total. The van der Waals surface area contributed by atoms with Crippen LogP contribution in [0.4, 0.5) is 0 Å². The molecule has 0 saturated heterocycles. The Hall–Kier alpha value is -1.69. The molecule has 0 unspecified atom stereocenters. The van der Waals surface area contributed by atoms with Gasteiger partial charge < -0.3 is 15.7 Å². The summed E-state index contributed by atoms with van der Waals surface area (Å²) in [7, 11) is 1.63. The first-order valence-corrected chi connectivity index (χ1v) is 5.10. The number of nitrogens with zero attached hydrogens (tertiary/aromatic N) is 2. The highest BCUT2D eigenvalue weighted by Gasteiger charge is 2.15. The molecular formula is C10H13N3O2S. The molecule has 1 amide bonds. The second-order valence-electron chi connectivity index (χ2n) is 3.34. The van der Waals surface area contributed by atoms with Crippen molar-refractivity contribution in [3.8, 4) is 5.75 Å². The maximum absolute atomic E-state index is 11.8. The molecule has 86 valence electrons. The summed E-state index contributed by atoms with van der Waals surface area (Å²) < 4.78 is 0. The first kappa shape index (κ1) is 12.4. The van der Waals surface area contributed by atoms with Crippen LogP contribution in [0, 0.1) is 0 Å². The Morgan fingerprint density at radius 1 is 1.69 bits per heavy atom. The lowest BCUT2D eigenvalue weighted by Gasteiger charge is -2.17. The van der Waals surface area contributed by atoms with Gasteiger partial charge in [-0.05, 0) is 6.07 Å². The average Bonchev–Trinajstić information content (AvgIpc) is 2.25. The first-order valence-electron chi connectivity index (χ1n) is 4.69. The Balaban J connectivity index is 2.71. The van der Waals surface area contributed by atoms with Gasteiger partial charge in [-0.15, -0.1) is 0 Å². The van der Waals surface area contributed by atoms with Crippen molar-refractivity contribution in [2.75, 3.05) is 13.6 Å². The van der Waals surface area contributed by atoms with Crippen LogP contribution >= 0.6 is 12.2 Å². The van der Waals surface area contributed by atoms with Crippen molar-refractivity contribution in [2.24, 2.45) is 5.73 Å². The summed E-state index contributed by atoms with van der Waals surface area (Å²) >= 11 is 4.72. The molecule has 0 radical (unpaired) electrons. The van der Waals surface area contributed by atoms with E-state index in [1.165, 1.54) is 23.4 Å². The molecule has 1 aromatic rings. The lowest BCUT2D eigenvalue weighted by atomic mass is 10.2. The summed E-state index contributed by atoms with van der Waals surface area (Å²) in [6.45, 7) is 0.427. The lowest BCUT2D eigenvalue weighted by molar-refractivity contribution is 0.0796. The topological polar surface area (TPSA) is 79.5 Å². The molecule has 1 heterocycles. The fourth-order valence-electron chi connectivity index (χ4n) is 1.15. The van der Waals surface area contributed by atoms with Gasteiger partial charge in [-0.2, -0.15) is 0 Å². The highest BCUT2D eigenvalue weighted by atomic mass is 32.1. The quantitative estimate of drug-likeness (QED) is 0.749. The maximum atomic E-state index is 11.8. The number of amides is 1. The number of carbonyl (C=O) groups excluding carboxylic acids is 1. The van der Waals surface area contributed by atoms with Crippen LogP contribution in [0.5, 0.6) is 5.75 Å². The molecule has 0 aromatic carbocycles. The highest BCUT2D eigenvalue weighted by molar-refractivity contribution is 7.80. The number of rotatable bonds is 4. The van der Waals surface area contributed by atoms with Crippen molar-refractivity contribution in [1.82, 2.24) is 9.88 Å². The van der Waals surface area contributed by atoms with Crippen LogP contribution < -0.4 is 5.73 Å². The Morgan fingerprint density at radius 3 is 2.94 bits per heavy atom. The van der Waals surface area contributed by atoms with Gasteiger partial charge in [-0.1, -0.05) is 12.2 Å². The monoisotopic (exact) mass is 239 g/mol. The van der Waals surface area contributed by atoms with Crippen LogP contribution in [-0.4, -0.2) is 39.5 Å². The zero-order valence-corrected chi connectivity index (χ0v) is 9.70. The molecule has 0 aliphatic heterocycles. The number of thiocarbonyl (C=S) groups is 1. The smallest absolute Gasteiger partial charge is 0.257 e. The van der Waals surface area contributed by atoms with E-state index in [9.17, 15) is 9.90 Å². The van der Waals surface area contributed by atoms with Crippen molar-refractivity contribution in [3.63, 3.8) is 0 Å². The minimum atomic E-state index is -0.281. The highest BCUT2D eigenvalue weighted by Crippen LogP contribution is 2.15. The number of aromatic hydroxyl groups is 1. The molecule has 5 nitrogen and oxygen atoms in total. The second-order valence-corrected chi connectivity index (χ2v) is 3.86. The Morgan fingerprint density at radius 2 is 2.38 bits per heavy atom. The van der Waals surface area contributed by atoms with Gasteiger partial charge in [0, 0.05) is 26.2 Å². The zero-order chi connectivity index (χ0) is 12.1. The maximum Gasteiger partial charge on any atom is 0.257 e. The van der Waals surface area contributed by atoms with Crippen molar-refractivity contribution in [2.45, 2.75) is 6.42 Å². The number of hydrogen-bond donors (Lipinski definition) is 2. The molecule has 0 saturated carbocycles. The minimum Gasteiger partial charge on any atom is -0.505 e. The minimum absolute atomic E-state index is 0.130. The van der Waals surface area contributed by atoms with Gasteiger partial charge in [0.15, 0.2) is 0 Å². The molecule has 16 heavy (non-hydrogen) atoms. The fraction of sp³-hybridized carbons (Fsp3) is 0.300. The SMILES string of the molecule is CN(CCC(N)=S)C(=O)c1ccncc1O. The summed E-state index contributed by atoms with van der Waals surface area (Å²) in [5.41, 5.74) is 5.57. The van der Waals surface area contributed by atoms with E-state index < -0.39 is 0 Å². The number of carbonyl (C=O) groups is 1. The summed E-state index contributed by atoms with van der Waals surface area (Å²) in [6, 6.07) is 1.47. The van der Waals surface area contributed by atoms with Crippen LogP contribution in [0.25, 0.3) is 0 Å². The van der Waals surface area contributed by atoms with E-state index >= 15 is 0 Å². The van der Waals surface area contributed by atoms with Crippen molar-refractivity contribution < 1.29 is 9.90 Å². The van der Waals surface area contributed by atoms with Gasteiger partial charge in [0.2, 0.25) is 0 Å². The predicted molar refractivity (Wildman–Crippen MR) is 64.3 cm³/mol. The Kier molecular flexibility index (Phi) is 4.19. The van der Waals surface area contributed by atoms with Crippen LogP contribution in [0.15, 0.2) is 18.5 Å². The Labute approximate surface area is 98.9 Å². The van der Waals surface area contributed by atoms with Gasteiger partial charge in [-0.25, -0.2) is 0 Å². The standard InChI is InChI=1S/C10H13N3O2S/c1-13(5-3-9(11)16)10(15)7-2-4-12-6-8(7)14/h2,4,6,14H,3,5H2,1H3,(H2,11,16). The van der Waals surface area contributed by atoms with Gasteiger partial charge in [0.1, 0.15) is 5.75 Å². The molecule has 0 aliphatic rings. The molecule has 6 heteroatoms. The van der Waals surface area contributed by atoms with E-state index in [1.807, 2.05) is 0 Å². The van der Waals surface area contributed by atoms with Crippen molar-refractivity contribution in [1.29, 1.82) is 0 Å². The average molecular weight is 239 g/mol. The molecule has 0 aliphatic carbocycles. The van der Waals surface area contributed by atoms with E-state index in [2.05, 4.69) is 4.98 Å². The third kappa shape index (κ3) is 3.16. The van der Waals surface area contributed by atoms with E-state index in [0.29, 0.717) is 18.0 Å². The molecule has 0 fully saturated rings. The number of nitrogens with two attached hydrogens (primary N) is 1. The van der Waals surface area contributed by atoms with E-state index in [1.54, 1.807) is 7.05 Å². The predicted octanol–water partition coefficient (Wildman–Crippen LogP) is 0.535. The summed E-state index contributed by atoms with van der Waals surface area (Å²) in [5, 5.41) is 9.45. The van der Waals surface area contributed by atoms with Crippen LogP contribution in [0.1, 0.15) is 16.8 Å². The van der Waals surface area contributed by atoms with Crippen LogP contribution in [-0.2, 0) is 0 Å². The van der Waals surface area contributed by atoms with Gasteiger partial charge in [-0.3, -0.25) is 9.78 Å². The van der Waals surface area contributed by atoms with E-state index in [0.717, 1.165) is 0 Å². The molecule has 1 rings (SSSR count). The third-order valence-electron chi connectivity index (χ3n) is 2.07. The normalized spacial score (nSPS) is 9.81. The van der Waals surface area contributed by atoms with Crippen LogP contribution in [0.3, 0.4) is 0 Å². The van der Waals surface area contributed by atoms with Gasteiger partial charge >= 0.3 is 0 Å². The van der Waals surface area contributed by atoms with Gasteiger partial charge in [0.05, 0.1) is 16.7 Å². The van der Waals surface area contributed by atoms with Crippen molar-refractivity contribution in [3.05, 3.63) is 24.0 Å². The summed E-state index contributed by atoms with van der Waals surface area (Å²) in [4.78, 5) is 17.3. The Bertz CT molecular complexity index is 409. The molecule has 0 atom stereocenters. The third-order valence-corrected chi connectivity index (χ3v) is 2.27. The fourth-order valence-corrected chi connectivity index (χ4v) is 1.24. The molecule has 0 spiro atoms. The van der Waals surface area contributed by atoms with E-state index in [4.69, 9.17) is 18.0 Å². The number of pyridine rings is 1. The lowest BCUT2D eigenvalue weighted by Crippen LogP contribution is -2.30. The number of hydrogen-bond acceptors (Lipinski definition) is 4. The summed E-state index contributed by atoms with van der Waals surface area (Å²) in [6.07, 6.45) is 3.15. The molecular weight excluding hydrogens is 226 g/mol. The zero-order valence-electron chi connectivity index (χ0n) is 8.88. The summed E-state index contributed by atoms with van der Waals surface area (Å²) in [5.74, 6) is -0.411. The van der Waals surface area contributed by atoms with Gasteiger partial charge in [0.25, 0.3) is 5.91 Å². The van der Waals surface area contributed by atoms with Crippen molar-refractivity contribution >= 4 is 23.1 Å². The second kappa shape index (κ2) is 5.41. The van der Waals surface area contributed by atoms with E-state index in [-0.39, 0.29) is 17.2 Å². The first-order chi connectivity index (χ1) is 7.52.